The van der Waals surface area contributed by atoms with Crippen LogP contribution in [0.25, 0.3) is 0 Å². The predicted molar refractivity (Wildman–Crippen MR) is 60.2 cm³/mol. The first-order valence-corrected chi connectivity index (χ1v) is 5.88. The van der Waals surface area contributed by atoms with E-state index in [1.54, 1.807) is 4.90 Å². The molecule has 5 heteroatoms. The molecule has 1 aliphatic rings. The summed E-state index contributed by atoms with van der Waals surface area (Å²) in [6, 6.07) is -0.0543. The lowest BCUT2D eigenvalue weighted by Gasteiger charge is -2.16. The van der Waals surface area contributed by atoms with Gasteiger partial charge in [-0.15, -0.1) is 0 Å². The number of rotatable bonds is 5. The van der Waals surface area contributed by atoms with E-state index in [-0.39, 0.29) is 18.4 Å². The second-order valence-electron chi connectivity index (χ2n) is 4.28. The Hall–Kier alpha value is -1.26. The summed E-state index contributed by atoms with van der Waals surface area (Å²) in [5.74, 6) is -0.660. The molecule has 0 aromatic rings. The number of hydrogen-bond acceptors (Lipinski definition) is 2. The summed E-state index contributed by atoms with van der Waals surface area (Å²) in [7, 11) is 0. The summed E-state index contributed by atoms with van der Waals surface area (Å²) in [6.07, 6.45) is 3.01. The maximum Gasteiger partial charge on any atom is 0.317 e. The molecular formula is C11H20N2O3. The first-order chi connectivity index (χ1) is 7.63. The zero-order chi connectivity index (χ0) is 12.0. The molecule has 0 aromatic heterocycles. The van der Waals surface area contributed by atoms with Gasteiger partial charge in [-0.25, -0.2) is 4.79 Å². The van der Waals surface area contributed by atoms with Crippen LogP contribution in [0.5, 0.6) is 0 Å². The molecule has 5 nitrogen and oxygen atoms in total. The van der Waals surface area contributed by atoms with Gasteiger partial charge in [0.15, 0.2) is 0 Å². The van der Waals surface area contributed by atoms with E-state index < -0.39 is 5.97 Å². The molecule has 1 fully saturated rings. The highest BCUT2D eigenvalue weighted by molar-refractivity contribution is 5.74. The van der Waals surface area contributed by atoms with E-state index in [0.717, 1.165) is 19.3 Å². The zero-order valence-corrected chi connectivity index (χ0v) is 9.74. The molecule has 0 saturated carbocycles. The molecule has 0 aromatic carbocycles. The Bertz CT molecular complexity index is 256. The monoisotopic (exact) mass is 228 g/mol. The summed E-state index contributed by atoms with van der Waals surface area (Å²) in [6.45, 7) is 4.03. The van der Waals surface area contributed by atoms with Gasteiger partial charge in [0.25, 0.3) is 0 Å². The van der Waals surface area contributed by atoms with Crippen LogP contribution < -0.4 is 5.32 Å². The molecule has 16 heavy (non-hydrogen) atoms. The molecule has 92 valence electrons. The van der Waals surface area contributed by atoms with Crippen molar-refractivity contribution in [3.63, 3.8) is 0 Å². The number of likely N-dealkylation sites (tertiary alicyclic amines) is 1. The third kappa shape index (κ3) is 4.08. The number of hydrogen-bond donors (Lipinski definition) is 2. The van der Waals surface area contributed by atoms with Gasteiger partial charge in [-0.3, -0.25) is 4.79 Å². The second-order valence-corrected chi connectivity index (χ2v) is 4.28. The first-order valence-electron chi connectivity index (χ1n) is 5.88. The average Bonchev–Trinajstić information content (AvgIpc) is 2.65. The first kappa shape index (κ1) is 12.8. The van der Waals surface area contributed by atoms with Gasteiger partial charge in [0.1, 0.15) is 0 Å². The highest BCUT2D eigenvalue weighted by Gasteiger charge is 2.27. The van der Waals surface area contributed by atoms with Crippen LogP contribution in [0.1, 0.15) is 32.6 Å². The smallest absolute Gasteiger partial charge is 0.317 e. The van der Waals surface area contributed by atoms with Crippen LogP contribution in [0.3, 0.4) is 0 Å². The van der Waals surface area contributed by atoms with Crippen LogP contribution in [0.15, 0.2) is 0 Å². The Morgan fingerprint density at radius 1 is 1.50 bits per heavy atom. The number of urea groups is 1. The summed E-state index contributed by atoms with van der Waals surface area (Å²) in [5, 5.41) is 11.5. The third-order valence-electron chi connectivity index (χ3n) is 2.84. The van der Waals surface area contributed by atoms with Gasteiger partial charge in [0.2, 0.25) is 0 Å². The number of nitrogens with one attached hydrogen (secondary N) is 1. The summed E-state index contributed by atoms with van der Waals surface area (Å²) < 4.78 is 0. The number of unbranched alkanes of at least 4 members (excludes halogenated alkanes) is 1. The fourth-order valence-corrected chi connectivity index (χ4v) is 1.91. The fourth-order valence-electron chi connectivity index (χ4n) is 1.91. The summed E-state index contributed by atoms with van der Waals surface area (Å²) >= 11 is 0. The molecule has 0 bridgehead atoms. The largest absolute Gasteiger partial charge is 0.481 e. The number of carbonyl (C=O) groups is 2. The molecule has 2 N–H and O–H groups in total. The SMILES string of the molecule is CCCCNC(=O)N1CCC(CC(=O)O)C1. The lowest BCUT2D eigenvalue weighted by molar-refractivity contribution is -0.138. The van der Waals surface area contributed by atoms with Crippen molar-refractivity contribution >= 4 is 12.0 Å². The molecule has 0 radical (unpaired) electrons. The second kappa shape index (κ2) is 6.35. The molecule has 1 saturated heterocycles. The Morgan fingerprint density at radius 3 is 2.88 bits per heavy atom. The number of amides is 2. The standard InChI is InChI=1S/C11H20N2O3/c1-2-3-5-12-11(16)13-6-4-9(8-13)7-10(14)15/h9H,2-8H2,1H3,(H,12,16)(H,14,15). The number of carboxylic acid groups (broad SMARTS) is 1. The lowest BCUT2D eigenvalue weighted by Crippen LogP contribution is -2.38. The Kier molecular flexibility index (Phi) is 5.08. The van der Waals surface area contributed by atoms with Crippen molar-refractivity contribution < 1.29 is 14.7 Å². The van der Waals surface area contributed by atoms with Crippen LogP contribution in [0.2, 0.25) is 0 Å². The van der Waals surface area contributed by atoms with Crippen molar-refractivity contribution in [1.82, 2.24) is 10.2 Å². The van der Waals surface area contributed by atoms with Gasteiger partial charge in [-0.05, 0) is 18.8 Å². The van der Waals surface area contributed by atoms with Crippen LogP contribution >= 0.6 is 0 Å². The normalized spacial score (nSPS) is 19.8. The van der Waals surface area contributed by atoms with Crippen molar-refractivity contribution in [2.45, 2.75) is 32.6 Å². The third-order valence-corrected chi connectivity index (χ3v) is 2.84. The van der Waals surface area contributed by atoms with E-state index in [4.69, 9.17) is 5.11 Å². The van der Waals surface area contributed by atoms with Crippen LogP contribution in [-0.4, -0.2) is 41.6 Å². The van der Waals surface area contributed by atoms with Crippen molar-refractivity contribution in [2.24, 2.45) is 5.92 Å². The van der Waals surface area contributed by atoms with Gasteiger partial charge in [0.05, 0.1) is 0 Å². The van der Waals surface area contributed by atoms with E-state index in [2.05, 4.69) is 12.2 Å². The highest BCUT2D eigenvalue weighted by Crippen LogP contribution is 2.19. The van der Waals surface area contributed by atoms with Crippen LogP contribution in [0.4, 0.5) is 4.79 Å². The highest BCUT2D eigenvalue weighted by atomic mass is 16.4. The quantitative estimate of drug-likeness (QED) is 0.697. The minimum absolute atomic E-state index is 0.0543. The molecule has 0 spiro atoms. The van der Waals surface area contributed by atoms with Crippen LogP contribution in [-0.2, 0) is 4.79 Å². The van der Waals surface area contributed by atoms with Gasteiger partial charge < -0.3 is 15.3 Å². The molecule has 1 rings (SSSR count). The molecule has 1 unspecified atom stereocenters. The Balaban J connectivity index is 2.24. The Labute approximate surface area is 95.8 Å². The minimum atomic E-state index is -0.779. The van der Waals surface area contributed by atoms with Crippen molar-refractivity contribution in [3.8, 4) is 0 Å². The number of aliphatic carboxylic acids is 1. The van der Waals surface area contributed by atoms with E-state index in [1.807, 2.05) is 0 Å². The maximum absolute atomic E-state index is 11.6. The molecule has 1 heterocycles. The summed E-state index contributed by atoms with van der Waals surface area (Å²) in [4.78, 5) is 23.9. The molecule has 1 aliphatic heterocycles. The van der Waals surface area contributed by atoms with Crippen LogP contribution in [0, 0.1) is 5.92 Å². The van der Waals surface area contributed by atoms with E-state index in [9.17, 15) is 9.59 Å². The number of carboxylic acids is 1. The number of carbonyl (C=O) groups excluding carboxylic acids is 1. The van der Waals surface area contributed by atoms with Crippen molar-refractivity contribution in [2.75, 3.05) is 19.6 Å². The molecular weight excluding hydrogens is 208 g/mol. The fraction of sp³-hybridized carbons (Fsp3) is 0.818. The van der Waals surface area contributed by atoms with Gasteiger partial charge in [-0.1, -0.05) is 13.3 Å². The van der Waals surface area contributed by atoms with Crippen molar-refractivity contribution in [1.29, 1.82) is 0 Å². The predicted octanol–water partition coefficient (Wildman–Crippen LogP) is 1.29. The minimum Gasteiger partial charge on any atom is -0.481 e. The number of nitrogens with zero attached hydrogens (tertiary/aromatic N) is 1. The maximum atomic E-state index is 11.6. The van der Waals surface area contributed by atoms with Crippen molar-refractivity contribution in [3.05, 3.63) is 0 Å². The average molecular weight is 228 g/mol. The lowest BCUT2D eigenvalue weighted by atomic mass is 10.1. The summed E-state index contributed by atoms with van der Waals surface area (Å²) in [5.41, 5.74) is 0. The van der Waals surface area contributed by atoms with Gasteiger partial charge >= 0.3 is 12.0 Å². The van der Waals surface area contributed by atoms with E-state index in [0.29, 0.717) is 19.6 Å². The van der Waals surface area contributed by atoms with Gasteiger partial charge in [0, 0.05) is 26.1 Å². The molecule has 2 amide bonds. The Morgan fingerprint density at radius 2 is 2.25 bits per heavy atom. The van der Waals surface area contributed by atoms with Gasteiger partial charge in [-0.2, -0.15) is 0 Å². The van der Waals surface area contributed by atoms with E-state index in [1.165, 1.54) is 0 Å². The molecule has 1 atom stereocenters. The zero-order valence-electron chi connectivity index (χ0n) is 9.74. The topological polar surface area (TPSA) is 69.6 Å². The molecule has 0 aliphatic carbocycles. The van der Waals surface area contributed by atoms with E-state index >= 15 is 0 Å².